The van der Waals surface area contributed by atoms with Crippen LogP contribution in [0.4, 0.5) is 4.39 Å². The van der Waals surface area contributed by atoms with Crippen LogP contribution in [0.3, 0.4) is 0 Å². The third kappa shape index (κ3) is 2.63. The molecule has 22 heavy (non-hydrogen) atoms. The molecule has 2 bridgehead atoms. The molecule has 3 rings (SSSR count). The molecule has 0 saturated carbocycles. The lowest BCUT2D eigenvalue weighted by molar-refractivity contribution is 0.00453. The molecule has 2 aliphatic rings. The van der Waals surface area contributed by atoms with E-state index in [9.17, 15) is 17.9 Å². The smallest absolute Gasteiger partial charge is 0.156 e. The number of rotatable bonds is 3. The van der Waals surface area contributed by atoms with Gasteiger partial charge in [0.25, 0.3) is 0 Å². The molecule has 2 fully saturated rings. The Morgan fingerprint density at radius 1 is 1.27 bits per heavy atom. The first-order valence-corrected chi connectivity index (χ1v) is 9.35. The summed E-state index contributed by atoms with van der Waals surface area (Å²) in [5, 5.41) is 9.96. The second-order valence-corrected chi connectivity index (χ2v) is 8.82. The van der Waals surface area contributed by atoms with Gasteiger partial charge in [-0.3, -0.25) is 0 Å². The minimum Gasteiger partial charge on any atom is -0.494 e. The molecule has 1 N–H and O–H groups in total. The number of aliphatic hydroxyl groups is 1. The van der Waals surface area contributed by atoms with Crippen LogP contribution in [0.2, 0.25) is 0 Å². The van der Waals surface area contributed by atoms with Crippen LogP contribution in [-0.4, -0.2) is 30.6 Å². The van der Waals surface area contributed by atoms with Gasteiger partial charge >= 0.3 is 0 Å². The van der Waals surface area contributed by atoms with Crippen molar-refractivity contribution >= 4 is 9.84 Å². The summed E-state index contributed by atoms with van der Waals surface area (Å²) in [4.78, 5) is 0. The van der Waals surface area contributed by atoms with E-state index in [4.69, 9.17) is 4.74 Å². The van der Waals surface area contributed by atoms with E-state index in [1.54, 1.807) is 13.0 Å². The van der Waals surface area contributed by atoms with E-state index in [1.165, 1.54) is 12.1 Å². The maximum atomic E-state index is 13.8. The lowest BCUT2D eigenvalue weighted by Gasteiger charge is -2.44. The number of hydrogen-bond acceptors (Lipinski definition) is 4. The lowest BCUT2D eigenvalue weighted by Crippen LogP contribution is -2.50. The fourth-order valence-corrected chi connectivity index (χ4v) is 6.31. The average molecular weight is 328 g/mol. The van der Waals surface area contributed by atoms with Gasteiger partial charge in [0.05, 0.1) is 22.7 Å². The molecule has 4 nitrogen and oxygen atoms in total. The fourth-order valence-electron chi connectivity index (χ4n) is 3.76. The van der Waals surface area contributed by atoms with Gasteiger partial charge in [-0.25, -0.2) is 12.8 Å². The Bertz CT molecular complexity index is 651. The highest BCUT2D eigenvalue weighted by molar-refractivity contribution is 7.92. The van der Waals surface area contributed by atoms with Gasteiger partial charge in [0.1, 0.15) is 11.6 Å². The van der Waals surface area contributed by atoms with Crippen molar-refractivity contribution in [1.82, 2.24) is 0 Å². The van der Waals surface area contributed by atoms with Crippen molar-refractivity contribution in [3.05, 3.63) is 29.6 Å². The minimum atomic E-state index is -3.16. The molecule has 122 valence electrons. The Morgan fingerprint density at radius 2 is 1.91 bits per heavy atom. The van der Waals surface area contributed by atoms with Crippen molar-refractivity contribution in [2.45, 2.75) is 55.1 Å². The third-order valence-electron chi connectivity index (χ3n) is 4.83. The van der Waals surface area contributed by atoms with Crippen LogP contribution in [0.15, 0.2) is 18.2 Å². The quantitative estimate of drug-likeness (QED) is 0.926. The molecule has 2 heterocycles. The summed E-state index contributed by atoms with van der Waals surface area (Å²) in [6.45, 7) is 2.21. The number of hydrogen-bond donors (Lipinski definition) is 1. The monoisotopic (exact) mass is 328 g/mol. The van der Waals surface area contributed by atoms with E-state index >= 15 is 0 Å². The van der Waals surface area contributed by atoms with Crippen LogP contribution in [0.25, 0.3) is 0 Å². The maximum Gasteiger partial charge on any atom is 0.156 e. The van der Waals surface area contributed by atoms with Crippen molar-refractivity contribution in [2.24, 2.45) is 0 Å². The first-order valence-electron chi connectivity index (χ1n) is 7.74. The van der Waals surface area contributed by atoms with Gasteiger partial charge in [0.2, 0.25) is 0 Å². The molecule has 1 aromatic rings. The van der Waals surface area contributed by atoms with Crippen LogP contribution in [0, 0.1) is 5.82 Å². The summed E-state index contributed by atoms with van der Waals surface area (Å²) >= 11 is 0. The van der Waals surface area contributed by atoms with Crippen LogP contribution < -0.4 is 4.74 Å². The molecule has 2 unspecified atom stereocenters. The van der Waals surface area contributed by atoms with Crippen molar-refractivity contribution in [3.63, 3.8) is 0 Å². The number of halogens is 1. The van der Waals surface area contributed by atoms with Gasteiger partial charge in [-0.1, -0.05) is 6.42 Å². The molecule has 6 heteroatoms. The Hall–Kier alpha value is -1.14. The van der Waals surface area contributed by atoms with Crippen LogP contribution in [-0.2, 0) is 15.4 Å². The normalized spacial score (nSPS) is 33.4. The SMILES string of the molecule is CCOc1cc(F)cc(C2(O)CC3CCCC(C2)S3(=O)=O)c1. The first kappa shape index (κ1) is 15.7. The zero-order valence-corrected chi connectivity index (χ0v) is 13.4. The Morgan fingerprint density at radius 3 is 2.50 bits per heavy atom. The van der Waals surface area contributed by atoms with Gasteiger partial charge in [-0.2, -0.15) is 0 Å². The van der Waals surface area contributed by atoms with Crippen LogP contribution >= 0.6 is 0 Å². The fraction of sp³-hybridized carbons (Fsp3) is 0.625. The van der Waals surface area contributed by atoms with E-state index in [2.05, 4.69) is 0 Å². The summed E-state index contributed by atoms with van der Waals surface area (Å²) in [6.07, 6.45) is 2.31. The Kier molecular flexibility index (Phi) is 3.93. The predicted octanol–water partition coefficient (Wildman–Crippen LogP) is 2.54. The highest BCUT2D eigenvalue weighted by Crippen LogP contribution is 2.46. The number of sulfone groups is 1. The zero-order valence-electron chi connectivity index (χ0n) is 12.6. The maximum absolute atomic E-state index is 13.8. The molecular formula is C16H21FO4S. The van der Waals surface area contributed by atoms with E-state index in [0.29, 0.717) is 30.8 Å². The predicted molar refractivity (Wildman–Crippen MR) is 81.0 cm³/mol. The molecule has 1 aromatic carbocycles. The molecule has 0 radical (unpaired) electrons. The van der Waals surface area contributed by atoms with Gasteiger partial charge in [0.15, 0.2) is 9.84 Å². The van der Waals surface area contributed by atoms with Crippen molar-refractivity contribution < 1.29 is 22.7 Å². The van der Waals surface area contributed by atoms with Gasteiger partial charge in [-0.05, 0) is 50.3 Å². The number of ether oxygens (including phenoxy) is 1. The minimum absolute atomic E-state index is 0.140. The van der Waals surface area contributed by atoms with E-state index < -0.39 is 31.8 Å². The first-order chi connectivity index (χ1) is 10.3. The Balaban J connectivity index is 1.98. The molecular weight excluding hydrogens is 307 g/mol. The highest BCUT2D eigenvalue weighted by Gasteiger charge is 2.51. The molecule has 2 atom stereocenters. The van der Waals surface area contributed by atoms with E-state index in [1.807, 2.05) is 0 Å². The summed E-state index contributed by atoms with van der Waals surface area (Å²) < 4.78 is 43.8. The topological polar surface area (TPSA) is 63.6 Å². The number of benzene rings is 1. The summed E-state index contributed by atoms with van der Waals surface area (Å²) in [5.74, 6) is -0.113. The van der Waals surface area contributed by atoms with E-state index in [-0.39, 0.29) is 12.8 Å². The third-order valence-corrected chi connectivity index (χ3v) is 7.49. The van der Waals surface area contributed by atoms with E-state index in [0.717, 1.165) is 6.42 Å². The summed E-state index contributed by atoms with van der Waals surface area (Å²) in [5.41, 5.74) is -0.877. The van der Waals surface area contributed by atoms with Gasteiger partial charge < -0.3 is 9.84 Å². The zero-order chi connectivity index (χ0) is 16.0. The molecule has 2 aliphatic heterocycles. The van der Waals surface area contributed by atoms with Crippen molar-refractivity contribution in [3.8, 4) is 5.75 Å². The molecule has 0 spiro atoms. The van der Waals surface area contributed by atoms with Crippen molar-refractivity contribution in [1.29, 1.82) is 0 Å². The number of fused-ring (bicyclic) bond motifs is 2. The molecule has 2 saturated heterocycles. The molecule has 0 aliphatic carbocycles. The Labute approximate surface area is 130 Å². The highest BCUT2D eigenvalue weighted by atomic mass is 32.2. The largest absolute Gasteiger partial charge is 0.494 e. The van der Waals surface area contributed by atoms with Gasteiger partial charge in [-0.15, -0.1) is 0 Å². The van der Waals surface area contributed by atoms with Crippen LogP contribution in [0.1, 0.15) is 44.6 Å². The molecule has 0 aromatic heterocycles. The second-order valence-electron chi connectivity index (χ2n) is 6.31. The van der Waals surface area contributed by atoms with Crippen LogP contribution in [0.5, 0.6) is 5.75 Å². The molecule has 0 amide bonds. The van der Waals surface area contributed by atoms with Gasteiger partial charge in [0, 0.05) is 6.07 Å². The summed E-state index contributed by atoms with van der Waals surface area (Å²) in [6, 6.07) is 4.19. The lowest BCUT2D eigenvalue weighted by atomic mass is 9.80. The standard InChI is InChI=1S/C16H21FO4S/c1-2-21-13-7-11(6-12(17)8-13)16(18)9-14-4-3-5-15(10-16)22(14,19)20/h6-8,14-15,18H,2-5,9-10H2,1H3. The average Bonchev–Trinajstić information content (AvgIpc) is 2.40. The second kappa shape index (κ2) is 5.49. The van der Waals surface area contributed by atoms with Crippen molar-refractivity contribution in [2.75, 3.05) is 6.61 Å². The summed E-state index contributed by atoms with van der Waals surface area (Å²) in [7, 11) is -3.16.